The maximum absolute atomic E-state index is 11.0. The van der Waals surface area contributed by atoms with Gasteiger partial charge in [-0.1, -0.05) is 30.3 Å². The molecule has 0 aromatic heterocycles. The van der Waals surface area contributed by atoms with Crippen LogP contribution in [0.25, 0.3) is 0 Å². The Morgan fingerprint density at radius 1 is 1.40 bits per heavy atom. The molecule has 1 unspecified atom stereocenters. The number of hydrogen-bond donors (Lipinski definition) is 1. The lowest BCUT2D eigenvalue weighted by Crippen LogP contribution is -2.51. The van der Waals surface area contributed by atoms with Crippen LogP contribution in [0.4, 0.5) is 0 Å². The van der Waals surface area contributed by atoms with Crippen LogP contribution < -0.4 is 5.32 Å². The van der Waals surface area contributed by atoms with Crippen LogP contribution >= 0.6 is 0 Å². The summed E-state index contributed by atoms with van der Waals surface area (Å²) in [5, 5.41) is 2.83. The molecule has 0 spiro atoms. The third-order valence-electron chi connectivity index (χ3n) is 2.63. The lowest BCUT2D eigenvalue weighted by molar-refractivity contribution is -0.141. The van der Waals surface area contributed by atoms with Crippen molar-refractivity contribution in [2.45, 2.75) is 18.9 Å². The van der Waals surface area contributed by atoms with E-state index in [0.717, 1.165) is 6.42 Å². The predicted molar refractivity (Wildman–Crippen MR) is 57.5 cm³/mol. The largest absolute Gasteiger partial charge is 0.363 e. The molecule has 0 radical (unpaired) electrons. The normalized spacial score (nSPS) is 26.1. The minimum absolute atomic E-state index is 0.0273. The first-order valence-electron chi connectivity index (χ1n) is 5.13. The molecule has 1 amide bonds. The summed E-state index contributed by atoms with van der Waals surface area (Å²) in [5.41, 5.74) is 0.964. The SMILES string of the molecule is CC1(Cc2ccccc2)CNC(=O)CO1. The smallest absolute Gasteiger partial charge is 0.246 e. The zero-order chi connectivity index (χ0) is 10.7. The maximum Gasteiger partial charge on any atom is 0.246 e. The Kier molecular flexibility index (Phi) is 2.73. The summed E-state index contributed by atoms with van der Waals surface area (Å²) in [6, 6.07) is 10.2. The van der Waals surface area contributed by atoms with E-state index in [1.807, 2.05) is 25.1 Å². The molecule has 1 fully saturated rings. The highest BCUT2D eigenvalue weighted by Crippen LogP contribution is 2.18. The summed E-state index contributed by atoms with van der Waals surface area (Å²) in [5.74, 6) is -0.0273. The second-order valence-corrected chi connectivity index (χ2v) is 4.18. The molecule has 1 heterocycles. The summed E-state index contributed by atoms with van der Waals surface area (Å²) < 4.78 is 5.57. The van der Waals surface area contributed by atoms with Gasteiger partial charge in [0.15, 0.2) is 0 Å². The van der Waals surface area contributed by atoms with Gasteiger partial charge in [-0.05, 0) is 12.5 Å². The minimum Gasteiger partial charge on any atom is -0.363 e. The Balaban J connectivity index is 2.02. The molecule has 15 heavy (non-hydrogen) atoms. The van der Waals surface area contributed by atoms with E-state index in [-0.39, 0.29) is 18.1 Å². The van der Waals surface area contributed by atoms with Gasteiger partial charge in [0.25, 0.3) is 0 Å². The molecule has 0 aliphatic carbocycles. The lowest BCUT2D eigenvalue weighted by Gasteiger charge is -2.33. The number of nitrogens with one attached hydrogen (secondary N) is 1. The fourth-order valence-electron chi connectivity index (χ4n) is 1.77. The van der Waals surface area contributed by atoms with Gasteiger partial charge in [0.05, 0.1) is 5.60 Å². The number of rotatable bonds is 2. The van der Waals surface area contributed by atoms with Crippen molar-refractivity contribution in [1.82, 2.24) is 5.32 Å². The number of carbonyl (C=O) groups is 1. The fourth-order valence-corrected chi connectivity index (χ4v) is 1.77. The number of morpholine rings is 1. The van der Waals surface area contributed by atoms with Crippen LogP contribution in [0.15, 0.2) is 30.3 Å². The third kappa shape index (κ3) is 2.57. The highest BCUT2D eigenvalue weighted by Gasteiger charge is 2.30. The highest BCUT2D eigenvalue weighted by atomic mass is 16.5. The van der Waals surface area contributed by atoms with Crippen molar-refractivity contribution >= 4 is 5.91 Å². The molecule has 2 rings (SSSR count). The van der Waals surface area contributed by atoms with Gasteiger partial charge >= 0.3 is 0 Å². The predicted octanol–water partition coefficient (Wildman–Crippen LogP) is 1.13. The molecule has 1 atom stereocenters. The van der Waals surface area contributed by atoms with Crippen LogP contribution in [0.5, 0.6) is 0 Å². The van der Waals surface area contributed by atoms with Crippen LogP contribution in [-0.4, -0.2) is 24.7 Å². The van der Waals surface area contributed by atoms with Gasteiger partial charge in [0.2, 0.25) is 5.91 Å². The Labute approximate surface area is 89.4 Å². The summed E-state index contributed by atoms with van der Waals surface area (Å²) in [7, 11) is 0. The molecule has 3 heteroatoms. The Hall–Kier alpha value is -1.35. The Bertz CT molecular complexity index is 338. The minimum atomic E-state index is -0.269. The molecule has 0 saturated carbocycles. The van der Waals surface area contributed by atoms with Gasteiger partial charge in [0.1, 0.15) is 6.61 Å². The molecule has 0 bridgehead atoms. The first kappa shape index (κ1) is 10.2. The van der Waals surface area contributed by atoms with Crippen LogP contribution in [0, 0.1) is 0 Å². The Morgan fingerprint density at radius 2 is 2.13 bits per heavy atom. The van der Waals surface area contributed by atoms with Gasteiger partial charge < -0.3 is 10.1 Å². The van der Waals surface area contributed by atoms with Crippen molar-refractivity contribution in [1.29, 1.82) is 0 Å². The molecule has 1 aromatic rings. The van der Waals surface area contributed by atoms with Gasteiger partial charge in [-0.25, -0.2) is 0 Å². The first-order chi connectivity index (χ1) is 7.18. The van der Waals surface area contributed by atoms with E-state index in [2.05, 4.69) is 17.4 Å². The van der Waals surface area contributed by atoms with Crippen molar-refractivity contribution in [3.05, 3.63) is 35.9 Å². The number of hydrogen-bond acceptors (Lipinski definition) is 2. The molecule has 3 nitrogen and oxygen atoms in total. The molecule has 1 aromatic carbocycles. The molecule has 1 aliphatic heterocycles. The van der Waals surface area contributed by atoms with E-state index in [9.17, 15) is 4.79 Å². The average molecular weight is 205 g/mol. The topological polar surface area (TPSA) is 38.3 Å². The molecule has 1 saturated heterocycles. The molecule has 1 aliphatic rings. The van der Waals surface area contributed by atoms with Gasteiger partial charge in [-0.15, -0.1) is 0 Å². The van der Waals surface area contributed by atoms with E-state index in [1.54, 1.807) is 0 Å². The second-order valence-electron chi connectivity index (χ2n) is 4.18. The van der Waals surface area contributed by atoms with Gasteiger partial charge in [-0.3, -0.25) is 4.79 Å². The van der Waals surface area contributed by atoms with E-state index >= 15 is 0 Å². The van der Waals surface area contributed by atoms with Crippen LogP contribution in [0.3, 0.4) is 0 Å². The molecule has 80 valence electrons. The van der Waals surface area contributed by atoms with E-state index < -0.39 is 0 Å². The fraction of sp³-hybridized carbons (Fsp3) is 0.417. The molecular formula is C12H15NO2. The van der Waals surface area contributed by atoms with Crippen molar-refractivity contribution in [3.8, 4) is 0 Å². The van der Waals surface area contributed by atoms with Crippen molar-refractivity contribution in [2.24, 2.45) is 0 Å². The van der Waals surface area contributed by atoms with Gasteiger partial charge in [-0.2, -0.15) is 0 Å². The van der Waals surface area contributed by atoms with Crippen molar-refractivity contribution in [2.75, 3.05) is 13.2 Å². The summed E-state index contributed by atoms with van der Waals surface area (Å²) in [4.78, 5) is 11.0. The van der Waals surface area contributed by atoms with E-state index in [4.69, 9.17) is 4.74 Å². The van der Waals surface area contributed by atoms with Crippen molar-refractivity contribution in [3.63, 3.8) is 0 Å². The number of ether oxygens (including phenoxy) is 1. The second kappa shape index (κ2) is 4.03. The highest BCUT2D eigenvalue weighted by molar-refractivity contribution is 5.78. The monoisotopic (exact) mass is 205 g/mol. The van der Waals surface area contributed by atoms with Crippen LogP contribution in [-0.2, 0) is 16.0 Å². The number of amides is 1. The summed E-state index contributed by atoms with van der Waals surface area (Å²) in [6.45, 7) is 2.78. The zero-order valence-electron chi connectivity index (χ0n) is 8.82. The van der Waals surface area contributed by atoms with Gasteiger partial charge in [0, 0.05) is 13.0 Å². The standard InChI is InChI=1S/C12H15NO2/c1-12(9-13-11(14)8-15-12)7-10-5-3-2-4-6-10/h2-6H,7-9H2,1H3,(H,13,14). The van der Waals surface area contributed by atoms with Crippen LogP contribution in [0.2, 0.25) is 0 Å². The summed E-state index contributed by atoms with van der Waals surface area (Å²) >= 11 is 0. The maximum atomic E-state index is 11.0. The quantitative estimate of drug-likeness (QED) is 0.786. The Morgan fingerprint density at radius 3 is 2.73 bits per heavy atom. The number of benzene rings is 1. The summed E-state index contributed by atoms with van der Waals surface area (Å²) in [6.07, 6.45) is 0.828. The first-order valence-corrected chi connectivity index (χ1v) is 5.13. The van der Waals surface area contributed by atoms with E-state index in [0.29, 0.717) is 6.54 Å². The zero-order valence-corrected chi connectivity index (χ0v) is 8.82. The molecule has 1 N–H and O–H groups in total. The third-order valence-corrected chi connectivity index (χ3v) is 2.63. The van der Waals surface area contributed by atoms with E-state index in [1.165, 1.54) is 5.56 Å². The van der Waals surface area contributed by atoms with Crippen LogP contribution in [0.1, 0.15) is 12.5 Å². The lowest BCUT2D eigenvalue weighted by atomic mass is 9.95. The number of carbonyl (C=O) groups excluding carboxylic acids is 1. The average Bonchev–Trinajstić information content (AvgIpc) is 2.24. The van der Waals surface area contributed by atoms with Crippen molar-refractivity contribution < 1.29 is 9.53 Å². The molecular weight excluding hydrogens is 190 g/mol.